The highest BCUT2D eigenvalue weighted by Crippen LogP contribution is 2.13. The third kappa shape index (κ3) is 2.97. The van der Waals surface area contributed by atoms with E-state index in [1.807, 2.05) is 35.9 Å². The average molecular weight is 251 g/mol. The molecule has 0 aliphatic rings. The van der Waals surface area contributed by atoms with Crippen LogP contribution < -0.4 is 5.32 Å². The van der Waals surface area contributed by atoms with Gasteiger partial charge >= 0.3 is 0 Å². The van der Waals surface area contributed by atoms with Gasteiger partial charge in [0.15, 0.2) is 0 Å². The maximum atomic E-state index is 5.79. The molecule has 1 aromatic carbocycles. The van der Waals surface area contributed by atoms with Crippen molar-refractivity contribution in [3.8, 4) is 0 Å². The molecule has 0 aliphatic heterocycles. The van der Waals surface area contributed by atoms with Crippen LogP contribution in [0.4, 0.5) is 5.69 Å². The van der Waals surface area contributed by atoms with Gasteiger partial charge in [0.1, 0.15) is 12.2 Å². The maximum absolute atomic E-state index is 5.79. The van der Waals surface area contributed by atoms with Gasteiger partial charge < -0.3 is 5.32 Å². The Hall–Kier alpha value is -1.55. The summed E-state index contributed by atoms with van der Waals surface area (Å²) in [6.45, 7) is 3.55. The minimum Gasteiger partial charge on any atom is -0.378 e. The molecule has 0 amide bonds. The number of alkyl halides is 1. The van der Waals surface area contributed by atoms with Crippen LogP contribution in [0.2, 0.25) is 0 Å². The van der Waals surface area contributed by atoms with E-state index in [2.05, 4.69) is 15.4 Å². The third-order valence-electron chi connectivity index (χ3n) is 2.53. The van der Waals surface area contributed by atoms with Crippen LogP contribution in [0.3, 0.4) is 0 Å². The lowest BCUT2D eigenvalue weighted by atomic mass is 10.2. The van der Waals surface area contributed by atoms with Gasteiger partial charge in [-0.25, -0.2) is 9.67 Å². The highest BCUT2D eigenvalue weighted by Gasteiger charge is 2.02. The van der Waals surface area contributed by atoms with Crippen molar-refractivity contribution < 1.29 is 0 Å². The van der Waals surface area contributed by atoms with Crippen LogP contribution in [0.5, 0.6) is 0 Å². The molecule has 0 unspecified atom stereocenters. The molecule has 0 spiro atoms. The molecule has 17 heavy (non-hydrogen) atoms. The monoisotopic (exact) mass is 250 g/mol. The predicted octanol–water partition coefficient (Wildman–Crippen LogP) is 2.65. The Morgan fingerprint density at radius 2 is 2.29 bits per heavy atom. The number of rotatable bonds is 5. The Morgan fingerprint density at radius 1 is 1.41 bits per heavy atom. The molecule has 2 aromatic rings. The standard InChI is InChI=1S/C12H15ClN4/c1-2-17-12(15-9-16-17)8-14-11-5-3-4-10(6-11)7-13/h3-6,9,14H,2,7-8H2,1H3. The van der Waals surface area contributed by atoms with E-state index >= 15 is 0 Å². The fourth-order valence-corrected chi connectivity index (χ4v) is 1.80. The molecule has 0 atom stereocenters. The van der Waals surface area contributed by atoms with E-state index in [0.29, 0.717) is 12.4 Å². The molecule has 90 valence electrons. The minimum atomic E-state index is 0.528. The van der Waals surface area contributed by atoms with E-state index in [1.165, 1.54) is 0 Å². The summed E-state index contributed by atoms with van der Waals surface area (Å²) in [4.78, 5) is 4.21. The zero-order valence-electron chi connectivity index (χ0n) is 9.73. The highest BCUT2D eigenvalue weighted by atomic mass is 35.5. The van der Waals surface area contributed by atoms with Gasteiger partial charge in [-0.05, 0) is 24.6 Å². The number of nitrogens with zero attached hydrogens (tertiary/aromatic N) is 3. The first-order valence-corrected chi connectivity index (χ1v) is 6.12. The summed E-state index contributed by atoms with van der Waals surface area (Å²) >= 11 is 5.79. The van der Waals surface area contributed by atoms with Gasteiger partial charge in [-0.3, -0.25) is 0 Å². The molecule has 1 N–H and O–H groups in total. The largest absolute Gasteiger partial charge is 0.378 e. The number of hydrogen-bond acceptors (Lipinski definition) is 3. The van der Waals surface area contributed by atoms with Crippen LogP contribution >= 0.6 is 11.6 Å². The van der Waals surface area contributed by atoms with Crippen LogP contribution in [0.1, 0.15) is 18.3 Å². The number of halogens is 1. The smallest absolute Gasteiger partial charge is 0.146 e. The minimum absolute atomic E-state index is 0.528. The van der Waals surface area contributed by atoms with Crippen LogP contribution in [0, 0.1) is 0 Å². The Labute approximate surface area is 106 Å². The summed E-state index contributed by atoms with van der Waals surface area (Å²) in [6, 6.07) is 8.06. The van der Waals surface area contributed by atoms with Gasteiger partial charge in [-0.2, -0.15) is 5.10 Å². The lowest BCUT2D eigenvalue weighted by molar-refractivity contribution is 0.622. The van der Waals surface area contributed by atoms with Crippen molar-refractivity contribution in [3.63, 3.8) is 0 Å². The van der Waals surface area contributed by atoms with Crippen molar-refractivity contribution in [2.24, 2.45) is 0 Å². The van der Waals surface area contributed by atoms with Gasteiger partial charge in [0.25, 0.3) is 0 Å². The summed E-state index contributed by atoms with van der Waals surface area (Å²) < 4.78 is 1.87. The van der Waals surface area contributed by atoms with Crippen molar-refractivity contribution in [1.29, 1.82) is 0 Å². The zero-order chi connectivity index (χ0) is 12.1. The average Bonchev–Trinajstić information content (AvgIpc) is 2.84. The molecule has 4 nitrogen and oxygen atoms in total. The van der Waals surface area contributed by atoms with Crippen molar-refractivity contribution in [2.45, 2.75) is 25.9 Å². The predicted molar refractivity (Wildman–Crippen MR) is 69.0 cm³/mol. The van der Waals surface area contributed by atoms with Crippen LogP contribution in [0.15, 0.2) is 30.6 Å². The normalized spacial score (nSPS) is 10.5. The molecule has 1 heterocycles. The highest BCUT2D eigenvalue weighted by molar-refractivity contribution is 6.17. The molecule has 1 aromatic heterocycles. The van der Waals surface area contributed by atoms with Crippen LogP contribution in [-0.4, -0.2) is 14.8 Å². The van der Waals surface area contributed by atoms with Gasteiger partial charge in [0.2, 0.25) is 0 Å². The number of benzene rings is 1. The first kappa shape index (κ1) is 11.9. The lowest BCUT2D eigenvalue weighted by Gasteiger charge is -2.07. The van der Waals surface area contributed by atoms with E-state index in [9.17, 15) is 0 Å². The quantitative estimate of drug-likeness (QED) is 0.830. The Kier molecular flexibility index (Phi) is 3.98. The SMILES string of the molecule is CCn1ncnc1CNc1cccc(CCl)c1. The molecule has 0 aliphatic carbocycles. The summed E-state index contributed by atoms with van der Waals surface area (Å²) in [5.41, 5.74) is 2.16. The summed E-state index contributed by atoms with van der Waals surface area (Å²) in [5.74, 6) is 1.46. The number of aryl methyl sites for hydroxylation is 1. The molecule has 5 heteroatoms. The van der Waals surface area contributed by atoms with E-state index in [1.54, 1.807) is 6.33 Å². The molecule has 0 saturated heterocycles. The Balaban J connectivity index is 2.02. The molecular formula is C12H15ClN4. The second-order valence-corrected chi connectivity index (χ2v) is 3.95. The molecule has 0 radical (unpaired) electrons. The first-order chi connectivity index (χ1) is 8.33. The fourth-order valence-electron chi connectivity index (χ4n) is 1.63. The van der Waals surface area contributed by atoms with Crippen LogP contribution in [0.25, 0.3) is 0 Å². The van der Waals surface area contributed by atoms with E-state index < -0.39 is 0 Å². The van der Waals surface area contributed by atoms with E-state index in [-0.39, 0.29) is 0 Å². The lowest BCUT2D eigenvalue weighted by Crippen LogP contribution is -2.09. The molecule has 0 saturated carbocycles. The molecule has 2 rings (SSSR count). The van der Waals surface area contributed by atoms with Gasteiger partial charge in [-0.1, -0.05) is 12.1 Å². The Bertz CT molecular complexity index is 481. The van der Waals surface area contributed by atoms with Crippen molar-refractivity contribution in [1.82, 2.24) is 14.8 Å². The van der Waals surface area contributed by atoms with Gasteiger partial charge in [0, 0.05) is 18.1 Å². The Morgan fingerprint density at radius 3 is 3.06 bits per heavy atom. The van der Waals surface area contributed by atoms with E-state index in [4.69, 9.17) is 11.6 Å². The second kappa shape index (κ2) is 5.68. The molecule has 0 fully saturated rings. The number of anilines is 1. The maximum Gasteiger partial charge on any atom is 0.146 e. The second-order valence-electron chi connectivity index (χ2n) is 3.68. The number of nitrogens with one attached hydrogen (secondary N) is 1. The number of hydrogen-bond donors (Lipinski definition) is 1. The van der Waals surface area contributed by atoms with Crippen molar-refractivity contribution in [3.05, 3.63) is 42.0 Å². The first-order valence-electron chi connectivity index (χ1n) is 5.59. The summed E-state index contributed by atoms with van der Waals surface area (Å²) in [5, 5.41) is 7.44. The van der Waals surface area contributed by atoms with Crippen LogP contribution in [-0.2, 0) is 19.0 Å². The van der Waals surface area contributed by atoms with E-state index in [0.717, 1.165) is 23.6 Å². The summed E-state index contributed by atoms with van der Waals surface area (Å²) in [7, 11) is 0. The molecule has 0 bridgehead atoms. The number of aromatic nitrogens is 3. The third-order valence-corrected chi connectivity index (χ3v) is 2.84. The van der Waals surface area contributed by atoms with Gasteiger partial charge in [-0.15, -0.1) is 11.6 Å². The topological polar surface area (TPSA) is 42.7 Å². The van der Waals surface area contributed by atoms with Crippen molar-refractivity contribution >= 4 is 17.3 Å². The van der Waals surface area contributed by atoms with Crippen molar-refractivity contribution in [2.75, 3.05) is 5.32 Å². The summed E-state index contributed by atoms with van der Waals surface area (Å²) in [6.07, 6.45) is 1.58. The van der Waals surface area contributed by atoms with Gasteiger partial charge in [0.05, 0.1) is 6.54 Å². The molecular weight excluding hydrogens is 236 g/mol. The zero-order valence-corrected chi connectivity index (χ0v) is 10.5. The fraction of sp³-hybridized carbons (Fsp3) is 0.333.